The van der Waals surface area contributed by atoms with Crippen LogP contribution in [0.4, 0.5) is 5.69 Å². The topological polar surface area (TPSA) is 93.4 Å². The largest absolute Gasteiger partial charge is 0.484 e. The average molecular weight is 261 g/mol. The van der Waals surface area contributed by atoms with E-state index >= 15 is 0 Å². The van der Waals surface area contributed by atoms with Gasteiger partial charge in [-0.25, -0.2) is 0 Å². The molecule has 0 bridgehead atoms. The summed E-state index contributed by atoms with van der Waals surface area (Å²) < 4.78 is 5.09. The lowest BCUT2D eigenvalue weighted by molar-refractivity contribution is -0.120. The van der Waals surface area contributed by atoms with Gasteiger partial charge in [-0.3, -0.25) is 14.9 Å². The number of carbonyl (C=O) groups is 2. The monoisotopic (exact) mass is 261 g/mol. The number of rotatable bonds is 7. The quantitative estimate of drug-likeness (QED) is 0.464. The van der Waals surface area contributed by atoms with Crippen molar-refractivity contribution in [2.24, 2.45) is 5.73 Å². The van der Waals surface area contributed by atoms with Crippen molar-refractivity contribution >= 4 is 17.5 Å². The smallest absolute Gasteiger partial charge is 0.255 e. The van der Waals surface area contributed by atoms with Crippen LogP contribution >= 0.6 is 0 Å². The summed E-state index contributed by atoms with van der Waals surface area (Å²) in [5.41, 5.74) is 5.58. The van der Waals surface area contributed by atoms with E-state index in [1.165, 1.54) is 0 Å². The first kappa shape index (κ1) is 14.5. The van der Waals surface area contributed by atoms with Gasteiger partial charge in [-0.2, -0.15) is 0 Å². The second-order valence-electron chi connectivity index (χ2n) is 3.64. The zero-order valence-corrected chi connectivity index (χ0v) is 10.3. The highest BCUT2D eigenvalue weighted by atomic mass is 16.5. The van der Waals surface area contributed by atoms with Crippen LogP contribution in [0.25, 0.3) is 0 Å². The van der Waals surface area contributed by atoms with Crippen LogP contribution in [0.1, 0.15) is 0 Å². The number of primary amides is 1. The van der Waals surface area contributed by atoms with Gasteiger partial charge in [-0.05, 0) is 24.3 Å². The number of nitrogens with two attached hydrogens (primary N) is 1. The number of amides is 2. The standard InChI is InChI=1S/C13H15N3O3/c1-2-7-15-8-13(18)16-10-3-5-11(6-4-10)19-9-12(14)17/h1,3-6,15H,7-9H2,(H2,14,17)(H,16,18). The van der Waals surface area contributed by atoms with E-state index in [9.17, 15) is 9.59 Å². The van der Waals surface area contributed by atoms with Crippen LogP contribution in [0.15, 0.2) is 24.3 Å². The molecule has 0 spiro atoms. The SMILES string of the molecule is C#CCNCC(=O)Nc1ccc(OCC(N)=O)cc1. The van der Waals surface area contributed by atoms with E-state index in [2.05, 4.69) is 16.6 Å². The van der Waals surface area contributed by atoms with Crippen molar-refractivity contribution in [1.29, 1.82) is 0 Å². The molecule has 1 rings (SSSR count). The van der Waals surface area contributed by atoms with E-state index in [0.717, 1.165) is 0 Å². The Morgan fingerprint density at radius 2 is 2.00 bits per heavy atom. The van der Waals surface area contributed by atoms with Crippen LogP contribution in [-0.4, -0.2) is 31.5 Å². The van der Waals surface area contributed by atoms with Crippen LogP contribution in [0, 0.1) is 12.3 Å². The van der Waals surface area contributed by atoms with E-state index in [0.29, 0.717) is 18.0 Å². The molecule has 0 aliphatic heterocycles. The third-order valence-corrected chi connectivity index (χ3v) is 2.03. The van der Waals surface area contributed by atoms with Crippen molar-refractivity contribution in [3.8, 4) is 18.1 Å². The molecule has 0 aromatic heterocycles. The second-order valence-corrected chi connectivity index (χ2v) is 3.64. The predicted molar refractivity (Wildman–Crippen MR) is 71.5 cm³/mol. The van der Waals surface area contributed by atoms with Crippen molar-refractivity contribution in [3.05, 3.63) is 24.3 Å². The Labute approximate surface area is 111 Å². The Morgan fingerprint density at radius 1 is 1.32 bits per heavy atom. The van der Waals surface area contributed by atoms with Gasteiger partial charge >= 0.3 is 0 Å². The summed E-state index contributed by atoms with van der Waals surface area (Å²) in [4.78, 5) is 22.0. The Morgan fingerprint density at radius 3 is 2.58 bits per heavy atom. The molecule has 0 radical (unpaired) electrons. The van der Waals surface area contributed by atoms with Crippen LogP contribution in [0.5, 0.6) is 5.75 Å². The minimum Gasteiger partial charge on any atom is -0.484 e. The Balaban J connectivity index is 2.41. The number of nitrogens with one attached hydrogen (secondary N) is 2. The molecule has 1 aromatic carbocycles. The van der Waals surface area contributed by atoms with Gasteiger partial charge < -0.3 is 15.8 Å². The van der Waals surface area contributed by atoms with Gasteiger partial charge in [0.1, 0.15) is 5.75 Å². The van der Waals surface area contributed by atoms with Crippen LogP contribution < -0.4 is 21.1 Å². The summed E-state index contributed by atoms with van der Waals surface area (Å²) in [7, 11) is 0. The highest BCUT2D eigenvalue weighted by molar-refractivity contribution is 5.92. The van der Waals surface area contributed by atoms with Crippen molar-refractivity contribution in [2.75, 3.05) is 25.0 Å². The van der Waals surface area contributed by atoms with Gasteiger partial charge in [0.25, 0.3) is 5.91 Å². The van der Waals surface area contributed by atoms with Crippen molar-refractivity contribution < 1.29 is 14.3 Å². The molecule has 0 aliphatic carbocycles. The molecule has 0 unspecified atom stereocenters. The molecule has 4 N–H and O–H groups in total. The summed E-state index contributed by atoms with van der Waals surface area (Å²) in [6, 6.07) is 6.59. The predicted octanol–water partition coefficient (Wildman–Crippen LogP) is -0.288. The molecular formula is C13H15N3O3. The maximum absolute atomic E-state index is 11.5. The zero-order valence-electron chi connectivity index (χ0n) is 10.3. The first-order chi connectivity index (χ1) is 9.11. The summed E-state index contributed by atoms with van der Waals surface area (Å²) in [5, 5.41) is 5.45. The number of benzene rings is 1. The van der Waals surface area contributed by atoms with Crippen LogP contribution in [0.3, 0.4) is 0 Å². The summed E-state index contributed by atoms with van der Waals surface area (Å²) in [6.45, 7) is 0.305. The zero-order chi connectivity index (χ0) is 14.1. The Kier molecular flexibility index (Phi) is 5.92. The maximum Gasteiger partial charge on any atom is 0.255 e. The van der Waals surface area contributed by atoms with Gasteiger partial charge in [0.15, 0.2) is 6.61 Å². The fourth-order valence-electron chi connectivity index (χ4n) is 1.24. The summed E-state index contributed by atoms with van der Waals surface area (Å²) >= 11 is 0. The molecule has 2 amide bonds. The lowest BCUT2D eigenvalue weighted by Crippen LogP contribution is -2.28. The van der Waals surface area contributed by atoms with E-state index in [1.807, 2.05) is 0 Å². The van der Waals surface area contributed by atoms with Gasteiger partial charge in [0.2, 0.25) is 5.91 Å². The molecule has 6 nitrogen and oxygen atoms in total. The lowest BCUT2D eigenvalue weighted by Gasteiger charge is -2.07. The number of hydrogen-bond donors (Lipinski definition) is 3. The Bertz CT molecular complexity index is 477. The molecule has 100 valence electrons. The fraction of sp³-hybridized carbons (Fsp3) is 0.231. The number of carbonyl (C=O) groups excluding carboxylic acids is 2. The highest BCUT2D eigenvalue weighted by Gasteiger charge is 2.02. The third kappa shape index (κ3) is 6.10. The molecule has 0 aliphatic rings. The highest BCUT2D eigenvalue weighted by Crippen LogP contribution is 2.15. The summed E-state index contributed by atoms with van der Waals surface area (Å²) in [5.74, 6) is 2.14. The number of hydrogen-bond acceptors (Lipinski definition) is 4. The normalized spacial score (nSPS) is 9.42. The molecular weight excluding hydrogens is 246 g/mol. The molecule has 0 fully saturated rings. The van der Waals surface area contributed by atoms with E-state index in [4.69, 9.17) is 16.9 Å². The second kappa shape index (κ2) is 7.74. The number of terminal acetylenes is 1. The molecule has 6 heteroatoms. The lowest BCUT2D eigenvalue weighted by atomic mass is 10.3. The van der Waals surface area contributed by atoms with Gasteiger partial charge in [0.05, 0.1) is 13.1 Å². The van der Waals surface area contributed by atoms with Crippen LogP contribution in [-0.2, 0) is 9.59 Å². The van der Waals surface area contributed by atoms with Crippen LogP contribution in [0.2, 0.25) is 0 Å². The maximum atomic E-state index is 11.5. The van der Waals surface area contributed by atoms with E-state index < -0.39 is 5.91 Å². The molecule has 19 heavy (non-hydrogen) atoms. The number of anilines is 1. The first-order valence-electron chi connectivity index (χ1n) is 5.57. The molecule has 0 atom stereocenters. The van der Waals surface area contributed by atoms with Crippen molar-refractivity contribution in [1.82, 2.24) is 5.32 Å². The Hall–Kier alpha value is -2.52. The van der Waals surface area contributed by atoms with Gasteiger partial charge in [0, 0.05) is 5.69 Å². The fourth-order valence-corrected chi connectivity index (χ4v) is 1.24. The van der Waals surface area contributed by atoms with E-state index in [-0.39, 0.29) is 19.1 Å². The third-order valence-electron chi connectivity index (χ3n) is 2.03. The van der Waals surface area contributed by atoms with Gasteiger partial charge in [-0.15, -0.1) is 6.42 Å². The minimum absolute atomic E-state index is 0.143. The average Bonchev–Trinajstić information content (AvgIpc) is 2.38. The first-order valence-corrected chi connectivity index (χ1v) is 5.57. The number of ether oxygens (including phenoxy) is 1. The molecule has 1 aromatic rings. The van der Waals surface area contributed by atoms with E-state index in [1.54, 1.807) is 24.3 Å². The summed E-state index contributed by atoms with van der Waals surface area (Å²) in [6.07, 6.45) is 5.04. The van der Waals surface area contributed by atoms with Crippen molar-refractivity contribution in [3.63, 3.8) is 0 Å². The van der Waals surface area contributed by atoms with Crippen molar-refractivity contribution in [2.45, 2.75) is 0 Å². The molecule has 0 heterocycles. The molecule has 0 saturated carbocycles. The minimum atomic E-state index is -0.544. The van der Waals surface area contributed by atoms with Gasteiger partial charge in [-0.1, -0.05) is 5.92 Å². The molecule has 0 saturated heterocycles.